The van der Waals surface area contributed by atoms with Gasteiger partial charge in [0.1, 0.15) is 0 Å². The monoisotopic (exact) mass is 370 g/mol. The van der Waals surface area contributed by atoms with Gasteiger partial charge in [-0.15, -0.1) is 0 Å². The Morgan fingerprint density at radius 1 is 1.00 bits per heavy atom. The van der Waals surface area contributed by atoms with Crippen LogP contribution in [-0.2, 0) is 0 Å². The number of hydrogen-bond acceptors (Lipinski definition) is 3. The highest BCUT2D eigenvalue weighted by molar-refractivity contribution is 5.93. The molecule has 0 spiro atoms. The maximum Gasteiger partial charge on any atom is 0.272 e. The van der Waals surface area contributed by atoms with Crippen LogP contribution in [0.5, 0.6) is 0 Å². The molecule has 1 atom stereocenters. The highest BCUT2D eigenvalue weighted by atomic mass is 16.2. The Kier molecular flexibility index (Phi) is 4.89. The number of aromatic nitrogens is 3. The Morgan fingerprint density at radius 2 is 1.64 bits per heavy atom. The van der Waals surface area contributed by atoms with E-state index in [9.17, 15) is 4.79 Å². The van der Waals surface area contributed by atoms with Gasteiger partial charge in [-0.3, -0.25) is 4.79 Å². The van der Waals surface area contributed by atoms with Gasteiger partial charge >= 0.3 is 0 Å². The third kappa shape index (κ3) is 3.51. The summed E-state index contributed by atoms with van der Waals surface area (Å²) >= 11 is 0. The van der Waals surface area contributed by atoms with Crippen LogP contribution in [0.25, 0.3) is 28.2 Å². The highest BCUT2D eigenvalue weighted by Gasteiger charge is 2.17. The van der Waals surface area contributed by atoms with Gasteiger partial charge < -0.3 is 5.32 Å². The molecule has 28 heavy (non-hydrogen) atoms. The van der Waals surface area contributed by atoms with E-state index in [1.54, 1.807) is 10.6 Å². The summed E-state index contributed by atoms with van der Waals surface area (Å²) in [5.41, 5.74) is 4.80. The van der Waals surface area contributed by atoms with E-state index in [-0.39, 0.29) is 11.9 Å². The van der Waals surface area contributed by atoms with Gasteiger partial charge in [0.25, 0.3) is 5.91 Å². The van der Waals surface area contributed by atoms with Gasteiger partial charge in [-0.25, -0.2) is 9.50 Å². The second-order valence-corrected chi connectivity index (χ2v) is 6.84. The number of fused-ring (bicyclic) bond motifs is 1. The number of nitrogens with zero attached hydrogens (tertiary/aromatic N) is 3. The fourth-order valence-electron chi connectivity index (χ4n) is 3.06. The van der Waals surface area contributed by atoms with Crippen molar-refractivity contribution >= 4 is 11.6 Å². The average molecular weight is 370 g/mol. The first kappa shape index (κ1) is 17.9. The minimum atomic E-state index is -0.180. The van der Waals surface area contributed by atoms with E-state index in [1.165, 1.54) is 0 Å². The minimum absolute atomic E-state index is 0.0961. The zero-order valence-corrected chi connectivity index (χ0v) is 16.0. The zero-order chi connectivity index (χ0) is 19.5. The van der Waals surface area contributed by atoms with Crippen molar-refractivity contribution in [2.75, 3.05) is 0 Å². The molecule has 0 saturated carbocycles. The molecule has 0 unspecified atom stereocenters. The van der Waals surface area contributed by atoms with Crippen LogP contribution < -0.4 is 5.32 Å². The summed E-state index contributed by atoms with van der Waals surface area (Å²) in [6.07, 6.45) is 0.866. The van der Waals surface area contributed by atoms with Crippen LogP contribution in [-0.4, -0.2) is 26.5 Å². The lowest BCUT2D eigenvalue weighted by Gasteiger charge is -2.09. The second kappa shape index (κ2) is 7.64. The first-order valence-electron chi connectivity index (χ1n) is 9.48. The van der Waals surface area contributed by atoms with Crippen molar-refractivity contribution < 1.29 is 4.79 Å². The largest absolute Gasteiger partial charge is 0.348 e. The summed E-state index contributed by atoms with van der Waals surface area (Å²) in [6, 6.07) is 23.9. The summed E-state index contributed by atoms with van der Waals surface area (Å²) < 4.78 is 1.74. The predicted molar refractivity (Wildman–Crippen MR) is 111 cm³/mol. The van der Waals surface area contributed by atoms with Crippen molar-refractivity contribution in [1.82, 2.24) is 19.9 Å². The maximum atomic E-state index is 12.6. The zero-order valence-electron chi connectivity index (χ0n) is 16.0. The van der Waals surface area contributed by atoms with E-state index in [0.717, 1.165) is 28.9 Å². The molecular formula is C23H22N4O. The molecule has 0 radical (unpaired) electrons. The maximum absolute atomic E-state index is 12.6. The number of benzene rings is 2. The average Bonchev–Trinajstić information content (AvgIpc) is 3.18. The topological polar surface area (TPSA) is 59.3 Å². The Morgan fingerprint density at radius 3 is 2.29 bits per heavy atom. The molecule has 4 rings (SSSR count). The van der Waals surface area contributed by atoms with Crippen molar-refractivity contribution in [2.24, 2.45) is 0 Å². The number of amides is 1. The van der Waals surface area contributed by atoms with Crippen LogP contribution in [0.2, 0.25) is 0 Å². The molecule has 0 bridgehead atoms. The van der Waals surface area contributed by atoms with E-state index < -0.39 is 0 Å². The Balaban J connectivity index is 1.87. The van der Waals surface area contributed by atoms with E-state index in [1.807, 2.05) is 80.6 Å². The molecule has 2 aromatic carbocycles. The molecule has 2 aromatic heterocycles. The molecule has 4 aromatic rings. The van der Waals surface area contributed by atoms with Gasteiger partial charge in [0.05, 0.1) is 11.4 Å². The summed E-state index contributed by atoms with van der Waals surface area (Å²) in [7, 11) is 0. The van der Waals surface area contributed by atoms with Crippen molar-refractivity contribution in [3.63, 3.8) is 0 Å². The van der Waals surface area contributed by atoms with E-state index in [4.69, 9.17) is 4.98 Å². The molecule has 0 saturated heterocycles. The summed E-state index contributed by atoms with van der Waals surface area (Å²) in [5, 5.41) is 7.52. The Labute approximate surface area is 164 Å². The number of rotatable bonds is 5. The van der Waals surface area contributed by atoms with Crippen molar-refractivity contribution in [2.45, 2.75) is 26.3 Å². The van der Waals surface area contributed by atoms with Gasteiger partial charge in [0.15, 0.2) is 11.3 Å². The van der Waals surface area contributed by atoms with Crippen molar-refractivity contribution in [1.29, 1.82) is 0 Å². The van der Waals surface area contributed by atoms with Gasteiger partial charge in [-0.05, 0) is 19.4 Å². The van der Waals surface area contributed by atoms with Crippen LogP contribution in [0.3, 0.4) is 0 Å². The lowest BCUT2D eigenvalue weighted by Crippen LogP contribution is -2.32. The molecule has 0 fully saturated rings. The molecule has 0 aliphatic carbocycles. The summed E-state index contributed by atoms with van der Waals surface area (Å²) in [6.45, 7) is 4.02. The standard InChI is InChI=1S/C23H22N4O/c1-3-16(2)24-23(28)20-15-22-25-19(17-10-6-4-7-11-17)14-21(27(22)26-20)18-12-8-5-9-13-18/h4-16H,3H2,1-2H3,(H,24,28)/t16-/m0/s1. The van der Waals surface area contributed by atoms with Gasteiger partial charge in [-0.2, -0.15) is 5.10 Å². The van der Waals surface area contributed by atoms with Crippen LogP contribution in [0.15, 0.2) is 72.8 Å². The van der Waals surface area contributed by atoms with Crippen molar-refractivity contribution in [3.8, 4) is 22.5 Å². The third-order valence-electron chi connectivity index (χ3n) is 4.79. The van der Waals surface area contributed by atoms with Crippen molar-refractivity contribution in [3.05, 3.63) is 78.5 Å². The normalized spacial score (nSPS) is 12.1. The van der Waals surface area contributed by atoms with Gasteiger partial charge in [0.2, 0.25) is 0 Å². The number of nitrogens with one attached hydrogen (secondary N) is 1. The van der Waals surface area contributed by atoms with E-state index in [0.29, 0.717) is 11.3 Å². The fourth-order valence-corrected chi connectivity index (χ4v) is 3.06. The van der Waals surface area contributed by atoms with Crippen LogP contribution in [0.1, 0.15) is 30.8 Å². The lowest BCUT2D eigenvalue weighted by molar-refractivity contribution is 0.0934. The van der Waals surface area contributed by atoms with Gasteiger partial charge in [-0.1, -0.05) is 67.6 Å². The molecule has 5 heteroatoms. The Bertz CT molecular complexity index is 1100. The Hall–Kier alpha value is -3.47. The summed E-state index contributed by atoms with van der Waals surface area (Å²) in [5.74, 6) is -0.180. The van der Waals surface area contributed by atoms with Crippen LogP contribution >= 0.6 is 0 Å². The summed E-state index contributed by atoms with van der Waals surface area (Å²) in [4.78, 5) is 17.3. The van der Waals surface area contributed by atoms with Crippen LogP contribution in [0, 0.1) is 0 Å². The highest BCUT2D eigenvalue weighted by Crippen LogP contribution is 2.26. The van der Waals surface area contributed by atoms with E-state index in [2.05, 4.69) is 10.4 Å². The second-order valence-electron chi connectivity index (χ2n) is 6.84. The molecule has 140 valence electrons. The first-order chi connectivity index (χ1) is 13.7. The number of carbonyl (C=O) groups is 1. The first-order valence-corrected chi connectivity index (χ1v) is 9.48. The predicted octanol–water partition coefficient (Wildman–Crippen LogP) is 4.59. The van der Waals surface area contributed by atoms with Crippen LogP contribution in [0.4, 0.5) is 0 Å². The third-order valence-corrected chi connectivity index (χ3v) is 4.79. The fraction of sp³-hybridized carbons (Fsp3) is 0.174. The number of carbonyl (C=O) groups excluding carboxylic acids is 1. The quantitative estimate of drug-likeness (QED) is 0.559. The smallest absolute Gasteiger partial charge is 0.272 e. The molecule has 0 aliphatic rings. The molecular weight excluding hydrogens is 348 g/mol. The molecule has 2 heterocycles. The number of hydrogen-bond donors (Lipinski definition) is 1. The molecule has 5 nitrogen and oxygen atoms in total. The molecule has 1 N–H and O–H groups in total. The SMILES string of the molecule is CC[C@H](C)NC(=O)c1cc2nc(-c3ccccc3)cc(-c3ccccc3)n2n1. The van der Waals surface area contributed by atoms with E-state index >= 15 is 0 Å². The molecule has 1 amide bonds. The van der Waals surface area contributed by atoms with Gasteiger partial charge in [0, 0.05) is 23.2 Å². The lowest BCUT2D eigenvalue weighted by atomic mass is 10.1. The molecule has 0 aliphatic heterocycles. The minimum Gasteiger partial charge on any atom is -0.348 e.